The zero-order chi connectivity index (χ0) is 21.1. The van der Waals surface area contributed by atoms with Crippen LogP contribution in [0.15, 0.2) is 46.1 Å². The summed E-state index contributed by atoms with van der Waals surface area (Å²) in [6, 6.07) is 8.10. The topological polar surface area (TPSA) is 137 Å². The summed E-state index contributed by atoms with van der Waals surface area (Å²) in [6.07, 6.45) is -3.76. The Kier molecular flexibility index (Phi) is 6.66. The number of carbonyl (C=O) groups excluding carboxylic acids is 1. The minimum atomic E-state index is -2.27. The van der Waals surface area contributed by atoms with E-state index < -0.39 is 49.0 Å². The first-order chi connectivity index (χ1) is 13.8. The Morgan fingerprint density at radius 3 is 2.69 bits per heavy atom. The summed E-state index contributed by atoms with van der Waals surface area (Å²) in [5.74, 6) is -0.718. The van der Waals surface area contributed by atoms with Crippen LogP contribution in [0.1, 0.15) is 22.1 Å². The molecule has 154 valence electrons. The van der Waals surface area contributed by atoms with Crippen LogP contribution in [-0.2, 0) is 18.6 Å². The van der Waals surface area contributed by atoms with Gasteiger partial charge in [-0.15, -0.1) is 4.52 Å². The number of rotatable bonds is 6. The van der Waals surface area contributed by atoms with Crippen LogP contribution in [0, 0.1) is 6.92 Å². The molecule has 0 spiro atoms. The van der Waals surface area contributed by atoms with E-state index in [-0.39, 0.29) is 17.7 Å². The quantitative estimate of drug-likeness (QED) is 0.342. The minimum Gasteiger partial charge on any atom is -0.453 e. The Labute approximate surface area is 170 Å². The van der Waals surface area contributed by atoms with E-state index in [1.54, 1.807) is 18.2 Å². The molecule has 5 atom stereocenters. The van der Waals surface area contributed by atoms with Crippen LogP contribution in [0.3, 0.4) is 0 Å². The van der Waals surface area contributed by atoms with Crippen molar-refractivity contribution in [1.82, 2.24) is 9.55 Å². The Balaban J connectivity index is 1.89. The van der Waals surface area contributed by atoms with Crippen LogP contribution in [0.4, 0.5) is 0 Å². The number of aryl methyl sites for hydroxylation is 1. The number of aliphatic hydroxyl groups is 1. The van der Waals surface area contributed by atoms with E-state index >= 15 is 0 Å². The zero-order valence-corrected chi connectivity index (χ0v) is 16.9. The van der Waals surface area contributed by atoms with Gasteiger partial charge in [0.25, 0.3) is 5.56 Å². The lowest BCUT2D eigenvalue weighted by Gasteiger charge is -2.20. The van der Waals surface area contributed by atoms with Gasteiger partial charge in [-0.3, -0.25) is 14.3 Å². The van der Waals surface area contributed by atoms with Crippen LogP contribution >= 0.6 is 19.5 Å². The second-order valence-electron chi connectivity index (χ2n) is 6.30. The minimum absolute atomic E-state index is 0.219. The van der Waals surface area contributed by atoms with Gasteiger partial charge in [0, 0.05) is 11.8 Å². The number of nitrogens with zero attached hydrogens (tertiary/aromatic N) is 1. The predicted octanol–water partition coefficient (Wildman–Crippen LogP) is 0.933. The van der Waals surface area contributed by atoms with Crippen molar-refractivity contribution in [1.29, 1.82) is 0 Å². The monoisotopic (exact) mass is 441 g/mol. The molecule has 10 nitrogen and oxygen atoms in total. The maximum atomic E-state index is 12.4. The van der Waals surface area contributed by atoms with Gasteiger partial charge in [-0.2, -0.15) is 0 Å². The summed E-state index contributed by atoms with van der Waals surface area (Å²) in [5, 5.41) is 10.7. The fourth-order valence-corrected chi connectivity index (χ4v) is 3.38. The highest BCUT2D eigenvalue weighted by Crippen LogP contribution is 2.34. The molecule has 1 unspecified atom stereocenters. The normalized spacial score (nSPS) is 24.3. The molecule has 1 aromatic carbocycles. The van der Waals surface area contributed by atoms with Crippen molar-refractivity contribution in [3.05, 3.63) is 68.5 Å². The number of aliphatic hydroxyl groups excluding tert-OH is 1. The lowest BCUT2D eigenvalue weighted by molar-refractivity contribution is -0.0515. The van der Waals surface area contributed by atoms with Gasteiger partial charge < -0.3 is 14.6 Å². The fourth-order valence-electron chi connectivity index (χ4n) is 2.91. The van der Waals surface area contributed by atoms with E-state index in [9.17, 15) is 24.1 Å². The van der Waals surface area contributed by atoms with Gasteiger partial charge in [0.15, 0.2) is 12.3 Å². The average Bonchev–Trinajstić information content (AvgIpc) is 2.99. The van der Waals surface area contributed by atoms with Gasteiger partial charge in [-0.25, -0.2) is 9.59 Å². The molecule has 1 aliphatic rings. The van der Waals surface area contributed by atoms with Crippen molar-refractivity contribution in [3.63, 3.8) is 0 Å². The lowest BCUT2D eigenvalue weighted by Crippen LogP contribution is -2.40. The summed E-state index contributed by atoms with van der Waals surface area (Å²) in [5.41, 5.74) is -0.908. The molecule has 0 amide bonds. The first kappa shape index (κ1) is 21.4. The largest absolute Gasteiger partial charge is 0.582 e. The molecule has 29 heavy (non-hydrogen) atoms. The number of benzene rings is 1. The number of aromatic amines is 1. The highest BCUT2D eigenvalue weighted by atomic mass is 32.7. The molecule has 0 bridgehead atoms. The molecule has 0 aliphatic carbocycles. The maximum absolute atomic E-state index is 12.4. The molecule has 0 saturated carbocycles. The molecule has 1 aromatic heterocycles. The Morgan fingerprint density at radius 1 is 1.34 bits per heavy atom. The summed E-state index contributed by atoms with van der Waals surface area (Å²) in [6.45, 7) is 1.17. The van der Waals surface area contributed by atoms with E-state index in [0.717, 1.165) is 4.57 Å². The summed E-state index contributed by atoms with van der Waals surface area (Å²) in [4.78, 5) is 38.3. The Hall–Kier alpha value is -2.30. The van der Waals surface area contributed by atoms with Crippen LogP contribution in [0.2, 0.25) is 0 Å². The van der Waals surface area contributed by atoms with Crippen molar-refractivity contribution < 1.29 is 28.5 Å². The molecule has 3 rings (SSSR count). The molecule has 2 N–H and O–H groups in total. The number of ether oxygens (including phenoxy) is 2. The van der Waals surface area contributed by atoms with Crippen LogP contribution < -0.4 is 11.2 Å². The van der Waals surface area contributed by atoms with Crippen LogP contribution in [-0.4, -0.2) is 45.5 Å². The van der Waals surface area contributed by atoms with Gasteiger partial charge >= 0.3 is 18.9 Å². The van der Waals surface area contributed by atoms with Crippen LogP contribution in [0.5, 0.6) is 0 Å². The van der Waals surface area contributed by atoms with Gasteiger partial charge in [-0.1, -0.05) is 18.2 Å². The number of thiol groups is 1. The number of hydrogen-bond donors (Lipinski definition) is 3. The second kappa shape index (κ2) is 9.02. The lowest BCUT2D eigenvalue weighted by atomic mass is 10.1. The fraction of sp³-hybridized carbons (Fsp3) is 0.353. The second-order valence-corrected chi connectivity index (χ2v) is 8.02. The number of carbonyl (C=O) groups is 1. The Morgan fingerprint density at radius 2 is 2.03 bits per heavy atom. The summed E-state index contributed by atoms with van der Waals surface area (Å²) in [7, 11) is -2.27. The molecule has 1 aliphatic heterocycles. The van der Waals surface area contributed by atoms with Gasteiger partial charge in [0.05, 0.1) is 5.56 Å². The van der Waals surface area contributed by atoms with Crippen molar-refractivity contribution in [2.24, 2.45) is 0 Å². The van der Waals surface area contributed by atoms with Crippen molar-refractivity contribution in [2.45, 2.75) is 31.5 Å². The standard InChI is InChI=1S/C17H17N2O8PS/c1-9-7-19(17(23)18-14(9)21)15-12(20)13(11(26-15)8-25-28(24)29)27-16(22)10-5-3-2-4-6-10/h2-7,11-13,15,20H,8H2,1H3,(H-,18,21,23,24,29)/p+1/t11-,12-,13-,15-/m1/s1. The Bertz CT molecular complexity index is 1020. The average molecular weight is 441 g/mol. The third-order valence-electron chi connectivity index (χ3n) is 4.33. The number of H-pyrrole nitrogens is 1. The zero-order valence-electron chi connectivity index (χ0n) is 15.1. The number of aromatic nitrogens is 2. The van der Waals surface area contributed by atoms with Crippen molar-refractivity contribution in [2.75, 3.05) is 6.61 Å². The van der Waals surface area contributed by atoms with E-state index in [0.29, 0.717) is 0 Å². The highest BCUT2D eigenvalue weighted by molar-refractivity contribution is 8.39. The molecule has 2 aromatic rings. The molecule has 0 radical (unpaired) electrons. The number of esters is 1. The van der Waals surface area contributed by atoms with Crippen molar-refractivity contribution >= 4 is 25.4 Å². The summed E-state index contributed by atoms with van der Waals surface area (Å²) < 4.78 is 28.2. The van der Waals surface area contributed by atoms with Gasteiger partial charge in [0.1, 0.15) is 31.1 Å². The molecular formula is C17H18N2O8PS+. The smallest absolute Gasteiger partial charge is 0.453 e. The van der Waals surface area contributed by atoms with E-state index in [1.807, 2.05) is 0 Å². The third kappa shape index (κ3) is 4.82. The van der Waals surface area contributed by atoms with Crippen LogP contribution in [0.25, 0.3) is 0 Å². The van der Waals surface area contributed by atoms with Crippen molar-refractivity contribution in [3.8, 4) is 0 Å². The van der Waals surface area contributed by atoms with Gasteiger partial charge in [0.2, 0.25) is 0 Å². The molecule has 1 fully saturated rings. The van der Waals surface area contributed by atoms with Gasteiger partial charge in [-0.05, 0) is 23.6 Å². The first-order valence-electron chi connectivity index (χ1n) is 8.48. The third-order valence-corrected chi connectivity index (χ3v) is 5.05. The first-order valence-corrected chi connectivity index (χ1v) is 10.8. The van der Waals surface area contributed by atoms with E-state index in [2.05, 4.69) is 17.2 Å². The maximum Gasteiger partial charge on any atom is 0.582 e. The predicted molar refractivity (Wildman–Crippen MR) is 104 cm³/mol. The van der Waals surface area contributed by atoms with E-state index in [4.69, 9.17) is 14.0 Å². The molecule has 2 heterocycles. The highest BCUT2D eigenvalue weighted by Gasteiger charge is 2.48. The molecule has 1 saturated heterocycles. The molecule has 12 heteroatoms. The number of hydrogen-bond acceptors (Lipinski definition) is 8. The SMILES string of the molecule is Cc1cn([C@@H]2O[C@H](CO[P+](=O)S)[C@@H](OC(=O)c3ccccc3)[C@H]2O)c(=O)[nH]c1=O. The number of nitrogens with one attached hydrogen (secondary N) is 1. The summed E-state index contributed by atoms with van der Waals surface area (Å²) >= 11 is 3.65. The molecular weight excluding hydrogens is 423 g/mol. The van der Waals surface area contributed by atoms with E-state index in [1.165, 1.54) is 25.3 Å².